The highest BCUT2D eigenvalue weighted by Crippen LogP contribution is 2.47. The van der Waals surface area contributed by atoms with E-state index < -0.39 is 5.60 Å². The number of ether oxygens (including phenoxy) is 2. The maximum absolute atomic E-state index is 11.9. The molecule has 1 spiro atoms. The summed E-state index contributed by atoms with van der Waals surface area (Å²) in [6.45, 7) is 2.75. The summed E-state index contributed by atoms with van der Waals surface area (Å²) < 4.78 is 11.8. The van der Waals surface area contributed by atoms with Crippen LogP contribution in [0.15, 0.2) is 6.07 Å². The lowest BCUT2D eigenvalue weighted by Gasteiger charge is -2.45. The zero-order valence-electron chi connectivity index (χ0n) is 11.6. The van der Waals surface area contributed by atoms with Crippen molar-refractivity contribution in [1.29, 1.82) is 0 Å². The lowest BCUT2D eigenvalue weighted by atomic mass is 9.80. The monoisotopic (exact) mass is 315 g/mol. The molecule has 1 aromatic heterocycles. The Hall–Kier alpha value is -0.620. The number of carbonyl (C=O) groups is 1. The van der Waals surface area contributed by atoms with Crippen molar-refractivity contribution in [2.75, 3.05) is 13.7 Å². The number of halogens is 1. The zero-order chi connectivity index (χ0) is 14.3. The maximum atomic E-state index is 11.9. The van der Waals surface area contributed by atoms with Gasteiger partial charge in [0.2, 0.25) is 0 Å². The molecule has 4 nitrogen and oxygen atoms in total. The van der Waals surface area contributed by atoms with Gasteiger partial charge in [-0.3, -0.25) is 4.79 Å². The number of rotatable bonds is 1. The van der Waals surface area contributed by atoms with Gasteiger partial charge in [-0.25, -0.2) is 0 Å². The third kappa shape index (κ3) is 2.37. The normalized spacial score (nSPS) is 33.0. The summed E-state index contributed by atoms with van der Waals surface area (Å²) in [4.78, 5) is 13.1. The van der Waals surface area contributed by atoms with E-state index in [1.165, 1.54) is 17.6 Å². The molecule has 1 N–H and O–H groups in total. The minimum atomic E-state index is -0.394. The van der Waals surface area contributed by atoms with Gasteiger partial charge in [0.1, 0.15) is 11.6 Å². The first-order chi connectivity index (χ1) is 9.54. The molecule has 110 valence electrons. The smallest absolute Gasteiger partial charge is 0.322 e. The van der Waals surface area contributed by atoms with Crippen molar-refractivity contribution < 1.29 is 14.3 Å². The van der Waals surface area contributed by atoms with Crippen LogP contribution in [-0.2, 0) is 26.3 Å². The lowest BCUT2D eigenvalue weighted by molar-refractivity contribution is -0.151. The molecule has 0 radical (unpaired) electrons. The van der Waals surface area contributed by atoms with Crippen LogP contribution in [0.3, 0.4) is 0 Å². The quantitative estimate of drug-likeness (QED) is 0.809. The third-order valence-corrected chi connectivity index (χ3v) is 5.58. The second-order valence-electron chi connectivity index (χ2n) is 5.55. The Morgan fingerprint density at radius 2 is 2.40 bits per heavy atom. The predicted molar refractivity (Wildman–Crippen MR) is 78.3 cm³/mol. The van der Waals surface area contributed by atoms with Crippen LogP contribution in [-0.4, -0.2) is 31.8 Å². The molecule has 0 saturated carbocycles. The molecule has 0 aromatic carbocycles. The van der Waals surface area contributed by atoms with Gasteiger partial charge in [0.15, 0.2) is 0 Å². The Balaban J connectivity index is 1.97. The molecule has 2 aliphatic heterocycles. The Morgan fingerprint density at radius 1 is 1.60 bits per heavy atom. The fourth-order valence-corrected chi connectivity index (χ4v) is 4.82. The van der Waals surface area contributed by atoms with Gasteiger partial charge in [0.05, 0.1) is 18.1 Å². The summed E-state index contributed by atoms with van der Waals surface area (Å²) in [6, 6.07) is 1.90. The van der Waals surface area contributed by atoms with Gasteiger partial charge in [0, 0.05) is 17.3 Å². The molecular formula is C14H18ClNO3S. The van der Waals surface area contributed by atoms with E-state index in [1.807, 2.05) is 6.07 Å². The maximum Gasteiger partial charge on any atom is 0.322 e. The Kier molecular flexibility index (Phi) is 3.79. The third-order valence-electron chi connectivity index (χ3n) is 4.08. The number of methoxy groups -OCH3 is 1. The fourth-order valence-electron chi connectivity index (χ4n) is 3.35. The van der Waals surface area contributed by atoms with Crippen LogP contribution < -0.4 is 5.32 Å². The molecule has 1 aromatic rings. The minimum absolute atomic E-state index is 0.194. The lowest BCUT2D eigenvalue weighted by Crippen LogP contribution is -2.56. The SMILES string of the molecule is COC(=O)[C@@H]1CC2(C[C@H](C)N1)OCCc1cc(Cl)sc12. The van der Waals surface area contributed by atoms with E-state index in [2.05, 4.69) is 12.2 Å². The first-order valence-electron chi connectivity index (χ1n) is 6.80. The summed E-state index contributed by atoms with van der Waals surface area (Å²) in [5, 5.41) is 3.29. The predicted octanol–water partition coefficient (Wildman–Crippen LogP) is 2.48. The van der Waals surface area contributed by atoms with Crippen LogP contribution in [0, 0.1) is 0 Å². The number of carbonyl (C=O) groups excluding carboxylic acids is 1. The molecule has 0 amide bonds. The molecule has 20 heavy (non-hydrogen) atoms. The van der Waals surface area contributed by atoms with Gasteiger partial charge in [-0.2, -0.15) is 0 Å². The van der Waals surface area contributed by atoms with E-state index in [-0.39, 0.29) is 18.1 Å². The number of fused-ring (bicyclic) bond motifs is 2. The van der Waals surface area contributed by atoms with Crippen LogP contribution in [0.2, 0.25) is 4.34 Å². The van der Waals surface area contributed by atoms with E-state index in [4.69, 9.17) is 21.1 Å². The fraction of sp³-hybridized carbons (Fsp3) is 0.643. The number of thiophene rings is 1. The minimum Gasteiger partial charge on any atom is -0.468 e. The number of piperidine rings is 1. The summed E-state index contributed by atoms with van der Waals surface area (Å²) in [7, 11) is 1.42. The largest absolute Gasteiger partial charge is 0.468 e. The van der Waals surface area contributed by atoms with Gasteiger partial charge in [-0.15, -0.1) is 11.3 Å². The van der Waals surface area contributed by atoms with Crippen molar-refractivity contribution in [2.45, 2.75) is 43.9 Å². The number of nitrogens with one attached hydrogen (secondary N) is 1. The highest BCUT2D eigenvalue weighted by Gasteiger charge is 2.47. The van der Waals surface area contributed by atoms with E-state index in [0.29, 0.717) is 13.0 Å². The Bertz CT molecular complexity index is 532. The molecule has 2 aliphatic rings. The number of hydrogen-bond donors (Lipinski definition) is 1. The van der Waals surface area contributed by atoms with Crippen LogP contribution in [0.25, 0.3) is 0 Å². The molecule has 6 heteroatoms. The van der Waals surface area contributed by atoms with Crippen molar-refractivity contribution in [3.63, 3.8) is 0 Å². The number of esters is 1. The van der Waals surface area contributed by atoms with Gasteiger partial charge in [-0.1, -0.05) is 11.6 Å². The van der Waals surface area contributed by atoms with E-state index in [1.54, 1.807) is 11.3 Å². The average Bonchev–Trinajstić information content (AvgIpc) is 2.79. The van der Waals surface area contributed by atoms with Crippen molar-refractivity contribution in [2.24, 2.45) is 0 Å². The molecule has 1 saturated heterocycles. The molecule has 0 bridgehead atoms. The van der Waals surface area contributed by atoms with Crippen molar-refractivity contribution in [3.8, 4) is 0 Å². The van der Waals surface area contributed by atoms with Crippen LogP contribution in [0.5, 0.6) is 0 Å². The van der Waals surface area contributed by atoms with E-state index in [9.17, 15) is 4.79 Å². The molecule has 1 fully saturated rings. The second kappa shape index (κ2) is 5.30. The van der Waals surface area contributed by atoms with Gasteiger partial charge in [-0.05, 0) is 31.4 Å². The summed E-state index contributed by atoms with van der Waals surface area (Å²) in [5.74, 6) is -0.227. The molecule has 3 rings (SSSR count). The van der Waals surface area contributed by atoms with Crippen molar-refractivity contribution >= 4 is 28.9 Å². The average molecular weight is 316 g/mol. The first-order valence-corrected chi connectivity index (χ1v) is 8.00. The van der Waals surface area contributed by atoms with Gasteiger partial charge in [0.25, 0.3) is 0 Å². The highest BCUT2D eigenvalue weighted by atomic mass is 35.5. The Morgan fingerprint density at radius 3 is 3.15 bits per heavy atom. The highest BCUT2D eigenvalue weighted by molar-refractivity contribution is 7.16. The second-order valence-corrected chi connectivity index (χ2v) is 7.23. The topological polar surface area (TPSA) is 47.6 Å². The number of hydrogen-bond acceptors (Lipinski definition) is 5. The molecule has 3 heterocycles. The van der Waals surface area contributed by atoms with Gasteiger partial charge >= 0.3 is 5.97 Å². The van der Waals surface area contributed by atoms with Crippen LogP contribution >= 0.6 is 22.9 Å². The molecule has 3 atom stereocenters. The standard InChI is InChI=1S/C14H18ClNO3S/c1-8-6-14(7-10(16-8)13(17)18-2)12-9(3-4-19-14)5-11(15)20-12/h5,8,10,16H,3-4,6-7H2,1-2H3/t8-,10-,14?/m0/s1. The van der Waals surface area contributed by atoms with Crippen molar-refractivity contribution in [1.82, 2.24) is 5.32 Å². The summed E-state index contributed by atoms with van der Waals surface area (Å²) in [6.07, 6.45) is 2.35. The van der Waals surface area contributed by atoms with Crippen LogP contribution in [0.1, 0.15) is 30.2 Å². The molecule has 1 unspecified atom stereocenters. The molecule has 0 aliphatic carbocycles. The molecular weight excluding hydrogens is 298 g/mol. The van der Waals surface area contributed by atoms with E-state index >= 15 is 0 Å². The van der Waals surface area contributed by atoms with Crippen molar-refractivity contribution in [3.05, 3.63) is 20.8 Å². The Labute approximate surface area is 127 Å². The van der Waals surface area contributed by atoms with Crippen LogP contribution in [0.4, 0.5) is 0 Å². The summed E-state index contributed by atoms with van der Waals surface area (Å²) >= 11 is 7.75. The zero-order valence-corrected chi connectivity index (χ0v) is 13.1. The van der Waals surface area contributed by atoms with Gasteiger partial charge < -0.3 is 14.8 Å². The first kappa shape index (κ1) is 14.3. The summed E-state index contributed by atoms with van der Waals surface area (Å²) in [5.41, 5.74) is 0.874. The van der Waals surface area contributed by atoms with E-state index in [0.717, 1.165) is 17.2 Å².